The molecule has 1 aromatic heterocycles. The molecular weight excluding hydrogens is 308 g/mol. The van der Waals surface area contributed by atoms with Gasteiger partial charge in [-0.05, 0) is 23.1 Å². The fraction of sp³-hybridized carbons (Fsp3) is 0.364. The summed E-state index contributed by atoms with van der Waals surface area (Å²) in [5.74, 6) is 1.88. The van der Waals surface area contributed by atoms with E-state index >= 15 is 0 Å². The third-order valence-electron chi connectivity index (χ3n) is 4.57. The number of hydrogen-bond acceptors (Lipinski definition) is 3. The molecule has 0 N–H and O–H groups in total. The molecule has 0 bridgehead atoms. The second kappa shape index (κ2) is 8.61. The minimum atomic E-state index is 0.341. The van der Waals surface area contributed by atoms with E-state index < -0.39 is 0 Å². The average molecular weight is 334 g/mol. The predicted molar refractivity (Wildman–Crippen MR) is 102 cm³/mol. The van der Waals surface area contributed by atoms with Gasteiger partial charge in [0.15, 0.2) is 5.82 Å². The van der Waals surface area contributed by atoms with E-state index in [2.05, 4.69) is 72.5 Å². The van der Waals surface area contributed by atoms with Crippen LogP contribution in [-0.4, -0.2) is 10.1 Å². The van der Waals surface area contributed by atoms with Gasteiger partial charge in [0.2, 0.25) is 5.89 Å². The maximum absolute atomic E-state index is 5.46. The van der Waals surface area contributed by atoms with Crippen LogP contribution in [0.1, 0.15) is 62.7 Å². The van der Waals surface area contributed by atoms with Gasteiger partial charge in [0.1, 0.15) is 0 Å². The van der Waals surface area contributed by atoms with Crippen molar-refractivity contribution in [2.24, 2.45) is 0 Å². The molecule has 0 saturated carbocycles. The Balaban J connectivity index is 1.61. The lowest BCUT2D eigenvalue weighted by molar-refractivity contribution is 0.347. The summed E-state index contributed by atoms with van der Waals surface area (Å²) < 4.78 is 5.46. The van der Waals surface area contributed by atoms with Crippen LogP contribution in [0.25, 0.3) is 11.1 Å². The maximum atomic E-state index is 5.46. The van der Waals surface area contributed by atoms with E-state index in [4.69, 9.17) is 4.52 Å². The topological polar surface area (TPSA) is 38.9 Å². The molecule has 25 heavy (non-hydrogen) atoms. The summed E-state index contributed by atoms with van der Waals surface area (Å²) in [6.45, 7) is 4.39. The Bertz CT molecular complexity index is 762. The Kier molecular flexibility index (Phi) is 5.99. The monoisotopic (exact) mass is 334 g/mol. The smallest absolute Gasteiger partial charge is 0.229 e. The van der Waals surface area contributed by atoms with E-state index in [-0.39, 0.29) is 0 Å². The van der Waals surface area contributed by atoms with Gasteiger partial charge in [-0.25, -0.2) is 0 Å². The summed E-state index contributed by atoms with van der Waals surface area (Å²) in [5.41, 5.74) is 3.66. The molecule has 0 aliphatic carbocycles. The maximum Gasteiger partial charge on any atom is 0.229 e. The minimum absolute atomic E-state index is 0.341. The molecule has 0 spiro atoms. The molecule has 1 heterocycles. The van der Waals surface area contributed by atoms with Crippen LogP contribution in [0.2, 0.25) is 0 Å². The summed E-state index contributed by atoms with van der Waals surface area (Å²) in [6.07, 6.45) is 5.54. The average Bonchev–Trinajstić information content (AvgIpc) is 3.12. The van der Waals surface area contributed by atoms with Gasteiger partial charge < -0.3 is 4.52 Å². The molecule has 0 aliphatic heterocycles. The first-order chi connectivity index (χ1) is 12.3. The quantitative estimate of drug-likeness (QED) is 0.473. The van der Waals surface area contributed by atoms with Gasteiger partial charge >= 0.3 is 0 Å². The van der Waals surface area contributed by atoms with Gasteiger partial charge in [0.05, 0.1) is 0 Å². The van der Waals surface area contributed by atoms with Crippen molar-refractivity contribution in [3.8, 4) is 11.1 Å². The highest BCUT2D eigenvalue weighted by Crippen LogP contribution is 2.22. The van der Waals surface area contributed by atoms with Gasteiger partial charge in [-0.2, -0.15) is 4.98 Å². The molecule has 3 rings (SSSR count). The summed E-state index contributed by atoms with van der Waals surface area (Å²) in [5, 5.41) is 4.16. The molecule has 0 fully saturated rings. The second-order valence-electron chi connectivity index (χ2n) is 6.69. The molecule has 3 nitrogen and oxygen atoms in total. The number of unbranched alkanes of at least 4 members (excludes halogenated alkanes) is 2. The molecular formula is C22H26N2O. The van der Waals surface area contributed by atoms with Crippen molar-refractivity contribution < 1.29 is 4.52 Å². The molecule has 0 radical (unpaired) electrons. The van der Waals surface area contributed by atoms with Gasteiger partial charge in [0.25, 0.3) is 0 Å². The highest BCUT2D eigenvalue weighted by molar-refractivity contribution is 5.63. The van der Waals surface area contributed by atoms with E-state index in [1.54, 1.807) is 0 Å². The number of hydrogen-bond donors (Lipinski definition) is 0. The molecule has 1 atom stereocenters. The normalized spacial score (nSPS) is 12.2. The van der Waals surface area contributed by atoms with Crippen molar-refractivity contribution in [2.75, 3.05) is 0 Å². The van der Waals surface area contributed by atoms with E-state index in [9.17, 15) is 0 Å². The first-order valence-electron chi connectivity index (χ1n) is 9.23. The Labute approximate surface area is 150 Å². The minimum Gasteiger partial charge on any atom is -0.339 e. The van der Waals surface area contributed by atoms with E-state index in [1.807, 2.05) is 6.07 Å². The summed E-state index contributed by atoms with van der Waals surface area (Å²) in [7, 11) is 0. The van der Waals surface area contributed by atoms with Gasteiger partial charge in [-0.15, -0.1) is 0 Å². The predicted octanol–water partition coefficient (Wildman–Crippen LogP) is 6.01. The lowest BCUT2D eigenvalue weighted by Gasteiger charge is -2.04. The standard InChI is InChI=1S/C22H26N2O/c1-3-4-6-9-17(2)22-23-21(24-25-22)16-18-12-14-20(15-13-18)19-10-7-5-8-11-19/h5,7-8,10-15,17H,3-4,6,9,16H2,1-2H3/t17-/m0/s1. The third-order valence-corrected chi connectivity index (χ3v) is 4.57. The highest BCUT2D eigenvalue weighted by Gasteiger charge is 2.14. The lowest BCUT2D eigenvalue weighted by Crippen LogP contribution is -1.96. The molecule has 130 valence electrons. The van der Waals surface area contributed by atoms with Gasteiger partial charge in [-0.3, -0.25) is 0 Å². The molecule has 2 aromatic carbocycles. The van der Waals surface area contributed by atoms with Crippen molar-refractivity contribution >= 4 is 0 Å². The fourth-order valence-corrected chi connectivity index (χ4v) is 2.99. The van der Waals surface area contributed by atoms with Crippen LogP contribution in [0, 0.1) is 0 Å². The number of aromatic nitrogens is 2. The van der Waals surface area contributed by atoms with Crippen molar-refractivity contribution in [1.29, 1.82) is 0 Å². The summed E-state index contributed by atoms with van der Waals surface area (Å²) >= 11 is 0. The van der Waals surface area contributed by atoms with Crippen LogP contribution in [0.5, 0.6) is 0 Å². The van der Waals surface area contributed by atoms with E-state index in [0.29, 0.717) is 12.3 Å². The zero-order valence-electron chi connectivity index (χ0n) is 15.1. The molecule has 0 saturated heterocycles. The zero-order chi connectivity index (χ0) is 17.5. The Hall–Kier alpha value is -2.42. The first-order valence-corrected chi connectivity index (χ1v) is 9.23. The third kappa shape index (κ3) is 4.79. The van der Waals surface area contributed by atoms with E-state index in [0.717, 1.165) is 18.1 Å². The Morgan fingerprint density at radius 2 is 1.64 bits per heavy atom. The van der Waals surface area contributed by atoms with Crippen molar-refractivity contribution in [3.63, 3.8) is 0 Å². The molecule has 3 heteroatoms. The summed E-state index contributed by atoms with van der Waals surface area (Å²) in [4.78, 5) is 4.59. The van der Waals surface area contributed by atoms with Crippen LogP contribution >= 0.6 is 0 Å². The van der Waals surface area contributed by atoms with Gasteiger partial charge in [-0.1, -0.05) is 92.9 Å². The van der Waals surface area contributed by atoms with Crippen molar-refractivity contribution in [3.05, 3.63) is 71.9 Å². The van der Waals surface area contributed by atoms with Gasteiger partial charge in [0, 0.05) is 12.3 Å². The SMILES string of the molecule is CCCCC[C@H](C)c1nc(Cc2ccc(-c3ccccc3)cc2)no1. The van der Waals surface area contributed by atoms with Crippen LogP contribution in [0.3, 0.4) is 0 Å². The van der Waals surface area contributed by atoms with Crippen molar-refractivity contribution in [2.45, 2.75) is 51.9 Å². The van der Waals surface area contributed by atoms with Crippen molar-refractivity contribution in [1.82, 2.24) is 10.1 Å². The molecule has 0 amide bonds. The van der Waals surface area contributed by atoms with Crippen LogP contribution in [0.15, 0.2) is 59.1 Å². The number of rotatable bonds is 8. The first kappa shape index (κ1) is 17.4. The largest absolute Gasteiger partial charge is 0.339 e. The van der Waals surface area contributed by atoms with Crippen LogP contribution < -0.4 is 0 Å². The summed E-state index contributed by atoms with van der Waals surface area (Å²) in [6, 6.07) is 19.0. The molecule has 0 aliphatic rings. The molecule has 0 unspecified atom stereocenters. The lowest BCUT2D eigenvalue weighted by atomic mass is 10.0. The second-order valence-corrected chi connectivity index (χ2v) is 6.69. The number of nitrogens with zero attached hydrogens (tertiary/aromatic N) is 2. The number of benzene rings is 2. The Morgan fingerprint density at radius 3 is 2.36 bits per heavy atom. The van der Waals surface area contributed by atoms with Crippen LogP contribution in [0.4, 0.5) is 0 Å². The highest BCUT2D eigenvalue weighted by atomic mass is 16.5. The molecule has 3 aromatic rings. The van der Waals surface area contributed by atoms with Crippen LogP contribution in [-0.2, 0) is 6.42 Å². The van der Waals surface area contributed by atoms with E-state index in [1.165, 1.54) is 36.0 Å². The Morgan fingerprint density at radius 1 is 0.920 bits per heavy atom. The fourth-order valence-electron chi connectivity index (χ4n) is 2.99. The zero-order valence-corrected chi connectivity index (χ0v) is 15.1.